The molecule has 0 N–H and O–H groups in total. The summed E-state index contributed by atoms with van der Waals surface area (Å²) in [6, 6.07) is 2.72. The lowest BCUT2D eigenvalue weighted by Gasteiger charge is -2.39. The maximum absolute atomic E-state index is 12.9. The Balaban J connectivity index is 2.20. The van der Waals surface area contributed by atoms with Gasteiger partial charge in [0.25, 0.3) is 5.91 Å². The van der Waals surface area contributed by atoms with Crippen molar-refractivity contribution in [1.82, 2.24) is 14.8 Å². The van der Waals surface area contributed by atoms with Gasteiger partial charge < -0.3 is 19.3 Å². The Kier molecular flexibility index (Phi) is 5.64. The highest BCUT2D eigenvalue weighted by Gasteiger charge is 2.35. The van der Waals surface area contributed by atoms with Crippen molar-refractivity contribution in [3.05, 3.63) is 17.7 Å². The summed E-state index contributed by atoms with van der Waals surface area (Å²) in [7, 11) is 2.95. The molecule has 1 aliphatic heterocycles. The van der Waals surface area contributed by atoms with Crippen LogP contribution in [0.15, 0.2) is 12.1 Å². The van der Waals surface area contributed by atoms with Crippen LogP contribution < -0.4 is 9.47 Å². The van der Waals surface area contributed by atoms with Gasteiger partial charge in [0.1, 0.15) is 11.6 Å². The minimum atomic E-state index is -0.503. The molecule has 2 rings (SSSR count). The molecule has 1 atom stereocenters. The Morgan fingerprint density at radius 1 is 1.29 bits per heavy atom. The van der Waals surface area contributed by atoms with E-state index in [0.29, 0.717) is 37.0 Å². The third-order valence-corrected chi connectivity index (χ3v) is 4.06. The van der Waals surface area contributed by atoms with E-state index in [2.05, 4.69) is 18.8 Å². The highest BCUT2D eigenvalue weighted by molar-refractivity contribution is 5.99. The first-order chi connectivity index (χ1) is 11.4. The van der Waals surface area contributed by atoms with Crippen LogP contribution in [0.2, 0.25) is 0 Å². The van der Waals surface area contributed by atoms with Gasteiger partial charge >= 0.3 is 0 Å². The summed E-state index contributed by atoms with van der Waals surface area (Å²) >= 11 is 0. The van der Waals surface area contributed by atoms with Crippen molar-refractivity contribution in [3.63, 3.8) is 0 Å². The third kappa shape index (κ3) is 3.60. The molecule has 1 aromatic heterocycles. The molecule has 1 fully saturated rings. The zero-order valence-electron chi connectivity index (χ0n) is 14.9. The molecule has 1 aliphatic rings. The average molecular weight is 335 g/mol. The second-order valence-corrected chi connectivity index (χ2v) is 6.26. The van der Waals surface area contributed by atoms with E-state index < -0.39 is 6.04 Å². The molecule has 0 bridgehead atoms. The van der Waals surface area contributed by atoms with Crippen LogP contribution in [-0.4, -0.2) is 66.5 Å². The van der Waals surface area contributed by atoms with E-state index in [9.17, 15) is 9.59 Å². The van der Waals surface area contributed by atoms with Crippen molar-refractivity contribution in [2.75, 3.05) is 33.9 Å². The molecule has 1 saturated heterocycles. The minimum absolute atomic E-state index is 0.0243. The molecular formula is C17H25N3O4. The smallest absolute Gasteiger partial charge is 0.260 e. The number of carbonyl (C=O) groups is 2. The maximum atomic E-state index is 12.9. The highest BCUT2D eigenvalue weighted by Crippen LogP contribution is 2.24. The van der Waals surface area contributed by atoms with Crippen LogP contribution in [0.3, 0.4) is 0 Å². The molecule has 0 spiro atoms. The summed E-state index contributed by atoms with van der Waals surface area (Å²) in [5.41, 5.74) is 0.329. The number of ether oxygens (including phenoxy) is 2. The number of hydrogen-bond acceptors (Lipinski definition) is 5. The fourth-order valence-electron chi connectivity index (χ4n) is 2.84. The molecule has 132 valence electrons. The second-order valence-electron chi connectivity index (χ2n) is 6.26. The maximum Gasteiger partial charge on any atom is 0.260 e. The van der Waals surface area contributed by atoms with E-state index >= 15 is 0 Å². The minimum Gasteiger partial charge on any atom is -0.481 e. The normalized spacial score (nSPS) is 18.1. The SMILES string of the molecule is COc1ccc(C(=O)N2CCN(CC(C)C)C(=O)[C@@H]2C)c(OC)n1. The van der Waals surface area contributed by atoms with Gasteiger partial charge in [-0.2, -0.15) is 4.98 Å². The lowest BCUT2D eigenvalue weighted by molar-refractivity contribution is -0.140. The summed E-state index contributed by atoms with van der Waals surface area (Å²) in [6.07, 6.45) is 0. The van der Waals surface area contributed by atoms with Gasteiger partial charge in [-0.3, -0.25) is 9.59 Å². The van der Waals surface area contributed by atoms with Crippen LogP contribution >= 0.6 is 0 Å². The molecule has 1 aromatic rings. The Bertz CT molecular complexity index is 618. The molecule has 0 aromatic carbocycles. The highest BCUT2D eigenvalue weighted by atomic mass is 16.5. The summed E-state index contributed by atoms with van der Waals surface area (Å²) in [6.45, 7) is 7.65. The van der Waals surface area contributed by atoms with Crippen LogP contribution in [0.5, 0.6) is 11.8 Å². The summed E-state index contributed by atoms with van der Waals surface area (Å²) in [5, 5.41) is 0. The Morgan fingerprint density at radius 2 is 2.00 bits per heavy atom. The van der Waals surface area contributed by atoms with E-state index in [0.717, 1.165) is 0 Å². The van der Waals surface area contributed by atoms with Gasteiger partial charge in [-0.1, -0.05) is 13.8 Å². The number of methoxy groups -OCH3 is 2. The quantitative estimate of drug-likeness (QED) is 0.814. The monoisotopic (exact) mass is 335 g/mol. The van der Waals surface area contributed by atoms with E-state index in [-0.39, 0.29) is 17.7 Å². The second kappa shape index (κ2) is 7.51. The van der Waals surface area contributed by atoms with Crippen molar-refractivity contribution >= 4 is 11.8 Å². The largest absolute Gasteiger partial charge is 0.481 e. The number of pyridine rings is 1. The number of rotatable bonds is 5. The number of piperazine rings is 1. The molecule has 0 aliphatic carbocycles. The topological polar surface area (TPSA) is 72.0 Å². The van der Waals surface area contributed by atoms with E-state index in [1.165, 1.54) is 14.2 Å². The third-order valence-electron chi connectivity index (χ3n) is 4.06. The standard InChI is InChI=1S/C17H25N3O4/c1-11(2)10-19-8-9-20(12(3)16(19)21)17(22)13-6-7-14(23-4)18-15(13)24-5/h6-7,11-12H,8-10H2,1-5H3/t12-/m0/s1. The molecule has 0 saturated carbocycles. The van der Waals surface area contributed by atoms with Crippen molar-refractivity contribution in [2.24, 2.45) is 5.92 Å². The number of carbonyl (C=O) groups excluding carboxylic acids is 2. The molecule has 2 amide bonds. The van der Waals surface area contributed by atoms with Gasteiger partial charge in [0.05, 0.1) is 14.2 Å². The summed E-state index contributed by atoms with van der Waals surface area (Å²) < 4.78 is 10.3. The predicted molar refractivity (Wildman–Crippen MR) is 89.3 cm³/mol. The predicted octanol–water partition coefficient (Wildman–Crippen LogP) is 1.43. The van der Waals surface area contributed by atoms with Gasteiger partial charge in [-0.05, 0) is 18.9 Å². The van der Waals surface area contributed by atoms with Crippen LogP contribution in [-0.2, 0) is 4.79 Å². The van der Waals surface area contributed by atoms with Crippen molar-refractivity contribution in [1.29, 1.82) is 0 Å². The van der Waals surface area contributed by atoms with Gasteiger partial charge in [0, 0.05) is 25.7 Å². The lowest BCUT2D eigenvalue weighted by atomic mass is 10.1. The van der Waals surface area contributed by atoms with Gasteiger partial charge in [0.2, 0.25) is 17.7 Å². The van der Waals surface area contributed by atoms with Crippen molar-refractivity contribution < 1.29 is 19.1 Å². The van der Waals surface area contributed by atoms with Gasteiger partial charge in [-0.15, -0.1) is 0 Å². The zero-order valence-corrected chi connectivity index (χ0v) is 14.9. The Morgan fingerprint density at radius 3 is 2.58 bits per heavy atom. The fraction of sp³-hybridized carbons (Fsp3) is 0.588. The van der Waals surface area contributed by atoms with Crippen molar-refractivity contribution in [3.8, 4) is 11.8 Å². The Hall–Kier alpha value is -2.31. The average Bonchev–Trinajstić information content (AvgIpc) is 2.57. The first kappa shape index (κ1) is 18.0. The van der Waals surface area contributed by atoms with Crippen LogP contribution in [0.25, 0.3) is 0 Å². The molecule has 0 radical (unpaired) electrons. The number of amides is 2. The van der Waals surface area contributed by atoms with Crippen LogP contribution in [0, 0.1) is 5.92 Å². The zero-order chi connectivity index (χ0) is 17.9. The summed E-state index contributed by atoms with van der Waals surface area (Å²) in [4.78, 5) is 32.9. The molecule has 7 nitrogen and oxygen atoms in total. The van der Waals surface area contributed by atoms with Crippen LogP contribution in [0.4, 0.5) is 0 Å². The first-order valence-corrected chi connectivity index (χ1v) is 8.07. The van der Waals surface area contributed by atoms with Gasteiger partial charge in [-0.25, -0.2) is 0 Å². The first-order valence-electron chi connectivity index (χ1n) is 8.07. The lowest BCUT2D eigenvalue weighted by Crippen LogP contribution is -2.58. The number of nitrogens with zero attached hydrogens (tertiary/aromatic N) is 3. The molecular weight excluding hydrogens is 310 g/mol. The number of aromatic nitrogens is 1. The Labute approximate surface area is 142 Å². The molecule has 2 heterocycles. The number of hydrogen-bond donors (Lipinski definition) is 0. The van der Waals surface area contributed by atoms with Crippen LogP contribution in [0.1, 0.15) is 31.1 Å². The fourth-order valence-corrected chi connectivity index (χ4v) is 2.84. The van der Waals surface area contributed by atoms with Gasteiger partial charge in [0.15, 0.2) is 0 Å². The molecule has 0 unspecified atom stereocenters. The van der Waals surface area contributed by atoms with E-state index in [1.54, 1.807) is 24.0 Å². The van der Waals surface area contributed by atoms with E-state index in [4.69, 9.17) is 9.47 Å². The molecule has 24 heavy (non-hydrogen) atoms. The van der Waals surface area contributed by atoms with Crippen molar-refractivity contribution in [2.45, 2.75) is 26.8 Å². The summed E-state index contributed by atoms with van der Waals surface area (Å²) in [5.74, 6) is 0.683. The molecule has 7 heteroatoms. The van der Waals surface area contributed by atoms with E-state index in [1.807, 2.05) is 4.90 Å².